The largest absolute Gasteiger partial charge is 0.493 e. The summed E-state index contributed by atoms with van der Waals surface area (Å²) in [5, 5.41) is 0. The lowest BCUT2D eigenvalue weighted by Gasteiger charge is -2.64. The highest BCUT2D eigenvalue weighted by atomic mass is 16.6. The topological polar surface area (TPSA) is 65.1 Å². The molecule has 0 aromatic heterocycles. The molecule has 1 saturated carbocycles. The van der Waals surface area contributed by atoms with Gasteiger partial charge in [0.1, 0.15) is 5.76 Å². The third kappa shape index (κ3) is 1.62. The molecule has 138 valence electrons. The lowest BCUT2D eigenvalue weighted by molar-refractivity contribution is -0.226. The van der Waals surface area contributed by atoms with Crippen molar-refractivity contribution in [3.8, 4) is 0 Å². The first-order chi connectivity index (χ1) is 12.4. The van der Waals surface area contributed by atoms with Crippen LogP contribution < -0.4 is 0 Å². The van der Waals surface area contributed by atoms with Gasteiger partial charge in [-0.15, -0.1) is 0 Å². The highest BCUT2D eigenvalue weighted by Crippen LogP contribution is 2.69. The number of rotatable bonds is 2. The van der Waals surface area contributed by atoms with Crippen molar-refractivity contribution < 1.29 is 23.8 Å². The van der Waals surface area contributed by atoms with Crippen LogP contribution in [0.25, 0.3) is 0 Å². The summed E-state index contributed by atoms with van der Waals surface area (Å²) >= 11 is 0. The van der Waals surface area contributed by atoms with E-state index in [0.29, 0.717) is 5.76 Å². The molecule has 2 saturated heterocycles. The molecule has 2 bridgehead atoms. The zero-order valence-corrected chi connectivity index (χ0v) is 15.2. The fraction of sp³-hybridized carbons (Fsp3) is 0.600. The summed E-state index contributed by atoms with van der Waals surface area (Å²) in [5.41, 5.74) is -1.42. The Bertz CT molecular complexity index is 798. The van der Waals surface area contributed by atoms with Crippen molar-refractivity contribution in [2.75, 3.05) is 20.7 Å². The predicted molar refractivity (Wildman–Crippen MR) is 91.8 cm³/mol. The van der Waals surface area contributed by atoms with Crippen LogP contribution in [-0.2, 0) is 23.8 Å². The van der Waals surface area contributed by atoms with Gasteiger partial charge in [0.2, 0.25) is 0 Å². The number of likely N-dealkylation sites (tertiary alicyclic amines) is 1. The molecule has 0 aromatic rings. The molecule has 6 atom stereocenters. The zero-order chi connectivity index (χ0) is 18.3. The molecule has 26 heavy (non-hydrogen) atoms. The van der Waals surface area contributed by atoms with Gasteiger partial charge in [-0.25, -0.2) is 0 Å². The Balaban J connectivity index is 1.80. The van der Waals surface area contributed by atoms with E-state index in [2.05, 4.69) is 18.0 Å². The fourth-order valence-corrected chi connectivity index (χ4v) is 6.28. The van der Waals surface area contributed by atoms with E-state index in [1.807, 2.05) is 12.2 Å². The molecule has 5 aliphatic rings. The van der Waals surface area contributed by atoms with Gasteiger partial charge in [0, 0.05) is 12.8 Å². The van der Waals surface area contributed by atoms with E-state index in [-0.39, 0.29) is 29.6 Å². The Morgan fingerprint density at radius 2 is 2.19 bits per heavy atom. The number of likely N-dealkylation sites (N-methyl/N-ethyl adjacent to an activating group) is 1. The van der Waals surface area contributed by atoms with Crippen molar-refractivity contribution in [2.24, 2.45) is 17.3 Å². The summed E-state index contributed by atoms with van der Waals surface area (Å²) < 4.78 is 17.9. The molecule has 3 aliphatic carbocycles. The van der Waals surface area contributed by atoms with Crippen molar-refractivity contribution in [3.63, 3.8) is 0 Å². The van der Waals surface area contributed by atoms with E-state index in [1.165, 1.54) is 6.92 Å². The van der Waals surface area contributed by atoms with Crippen molar-refractivity contribution in [2.45, 2.75) is 37.5 Å². The van der Waals surface area contributed by atoms with Gasteiger partial charge in [0.15, 0.2) is 23.2 Å². The third-order valence-electron chi connectivity index (χ3n) is 7.13. The van der Waals surface area contributed by atoms with Crippen LogP contribution >= 0.6 is 0 Å². The summed E-state index contributed by atoms with van der Waals surface area (Å²) in [4.78, 5) is 27.2. The minimum absolute atomic E-state index is 0.00866. The number of ketones is 1. The summed E-state index contributed by atoms with van der Waals surface area (Å²) in [6.45, 7) is 2.29. The highest BCUT2D eigenvalue weighted by Gasteiger charge is 2.77. The van der Waals surface area contributed by atoms with Crippen molar-refractivity contribution in [3.05, 3.63) is 35.8 Å². The predicted octanol–water partition coefficient (Wildman–Crippen LogP) is 1.58. The Morgan fingerprint density at radius 1 is 1.38 bits per heavy atom. The number of piperidine rings is 1. The smallest absolute Gasteiger partial charge is 0.303 e. The maximum absolute atomic E-state index is 12.8. The number of carbonyl (C=O) groups excluding carboxylic acids is 2. The van der Waals surface area contributed by atoms with E-state index in [0.717, 1.165) is 25.1 Å². The number of esters is 1. The molecular weight excluding hydrogens is 334 g/mol. The number of methoxy groups -OCH3 is 1. The molecule has 0 N–H and O–H groups in total. The first kappa shape index (κ1) is 16.1. The van der Waals surface area contributed by atoms with E-state index in [1.54, 1.807) is 13.2 Å². The lowest BCUT2D eigenvalue weighted by atomic mass is 9.45. The molecule has 3 fully saturated rings. The Labute approximate surface area is 152 Å². The third-order valence-corrected chi connectivity index (χ3v) is 7.13. The molecule has 0 radical (unpaired) electrons. The second-order valence-corrected chi connectivity index (χ2v) is 8.08. The minimum Gasteiger partial charge on any atom is -0.493 e. The fourth-order valence-electron chi connectivity index (χ4n) is 6.28. The van der Waals surface area contributed by atoms with Gasteiger partial charge in [-0.1, -0.05) is 6.08 Å². The second kappa shape index (κ2) is 5.00. The van der Waals surface area contributed by atoms with Gasteiger partial charge >= 0.3 is 5.97 Å². The number of allylic oxidation sites excluding steroid dienone is 3. The Kier molecular flexibility index (Phi) is 3.10. The van der Waals surface area contributed by atoms with E-state index in [9.17, 15) is 9.59 Å². The number of ether oxygens (including phenoxy) is 3. The summed E-state index contributed by atoms with van der Waals surface area (Å²) in [6.07, 6.45) is 8.49. The highest BCUT2D eigenvalue weighted by molar-refractivity contribution is 5.97. The Morgan fingerprint density at radius 3 is 2.92 bits per heavy atom. The summed E-state index contributed by atoms with van der Waals surface area (Å²) in [7, 11) is 3.69. The quantitative estimate of drug-likeness (QED) is 0.699. The van der Waals surface area contributed by atoms with Crippen LogP contribution in [0.2, 0.25) is 0 Å². The number of hydrogen-bond acceptors (Lipinski definition) is 6. The van der Waals surface area contributed by atoms with Crippen LogP contribution in [0.4, 0.5) is 0 Å². The first-order valence-corrected chi connectivity index (χ1v) is 9.20. The molecule has 1 spiro atoms. The first-order valence-electron chi connectivity index (χ1n) is 9.20. The van der Waals surface area contributed by atoms with Gasteiger partial charge in [-0.2, -0.15) is 0 Å². The lowest BCUT2D eigenvalue weighted by Crippen LogP contribution is -2.75. The standard InChI is InChI=1S/C20H23NO5/c1-11(22)26-20-7-6-13(23)18-19(20)8-9-21(2)15(20)10-12-4-5-14(24-3)17(25-18)16(12)19/h4-7,12,15-16,18H,8-10H2,1-3H3/t12?,15-,16?,18+,19+,20?/m1/s1. The molecular formula is C20H23NO5. The number of hydrogen-bond donors (Lipinski definition) is 0. The van der Waals surface area contributed by atoms with E-state index < -0.39 is 17.1 Å². The average molecular weight is 357 g/mol. The van der Waals surface area contributed by atoms with Gasteiger partial charge in [-0.3, -0.25) is 14.5 Å². The normalized spacial score (nSPS) is 45.3. The van der Waals surface area contributed by atoms with Crippen LogP contribution in [0, 0.1) is 17.3 Å². The van der Waals surface area contributed by atoms with Gasteiger partial charge in [-0.05, 0) is 50.6 Å². The van der Waals surface area contributed by atoms with Gasteiger partial charge < -0.3 is 14.2 Å². The number of carbonyl (C=O) groups is 2. The monoisotopic (exact) mass is 357 g/mol. The van der Waals surface area contributed by atoms with Crippen LogP contribution in [-0.4, -0.2) is 55.1 Å². The zero-order valence-electron chi connectivity index (χ0n) is 15.2. The Hall–Kier alpha value is -2.08. The van der Waals surface area contributed by atoms with Crippen molar-refractivity contribution in [1.29, 1.82) is 0 Å². The molecule has 6 nitrogen and oxygen atoms in total. The van der Waals surface area contributed by atoms with Crippen LogP contribution in [0.5, 0.6) is 0 Å². The molecule has 6 heteroatoms. The SMILES string of the molecule is COC1=C2O[C@H]3C(=O)C=CC4(OC(C)=O)[C@H]5CC(C=C1)C2[C@@]34CCN5C. The average Bonchev–Trinajstić information content (AvgIpc) is 2.96. The summed E-state index contributed by atoms with van der Waals surface area (Å²) in [6, 6.07) is 0.0185. The molecule has 2 heterocycles. The van der Waals surface area contributed by atoms with E-state index >= 15 is 0 Å². The second-order valence-electron chi connectivity index (χ2n) is 8.08. The van der Waals surface area contributed by atoms with Crippen LogP contribution in [0.3, 0.4) is 0 Å². The molecule has 0 amide bonds. The van der Waals surface area contributed by atoms with E-state index in [4.69, 9.17) is 14.2 Å². The number of nitrogens with zero attached hydrogens (tertiary/aromatic N) is 1. The van der Waals surface area contributed by atoms with Crippen molar-refractivity contribution >= 4 is 11.8 Å². The molecule has 0 aromatic carbocycles. The maximum atomic E-state index is 12.8. The molecule has 3 unspecified atom stereocenters. The molecule has 5 rings (SSSR count). The minimum atomic E-state index is -0.850. The van der Waals surface area contributed by atoms with Crippen LogP contribution in [0.1, 0.15) is 19.8 Å². The van der Waals surface area contributed by atoms with Gasteiger partial charge in [0.05, 0.1) is 18.6 Å². The van der Waals surface area contributed by atoms with Gasteiger partial charge in [0.25, 0.3) is 0 Å². The molecule has 2 aliphatic heterocycles. The summed E-state index contributed by atoms with van der Waals surface area (Å²) in [5.74, 6) is 1.29. The maximum Gasteiger partial charge on any atom is 0.303 e. The van der Waals surface area contributed by atoms with Crippen molar-refractivity contribution in [1.82, 2.24) is 4.90 Å². The van der Waals surface area contributed by atoms with Crippen LogP contribution in [0.15, 0.2) is 35.8 Å².